The largest absolute Gasteiger partial charge is 0.497 e. The Bertz CT molecular complexity index is 285. The maximum absolute atomic E-state index is 9.14. The number of methoxy groups -OCH3 is 1. The third-order valence-corrected chi connectivity index (χ3v) is 2.76. The number of aryl methyl sites for hydroxylation is 1. The van der Waals surface area contributed by atoms with Gasteiger partial charge in [-0.15, -0.1) is 0 Å². The van der Waals surface area contributed by atoms with E-state index >= 15 is 0 Å². The summed E-state index contributed by atoms with van der Waals surface area (Å²) in [5.41, 5.74) is 2.20. The minimum absolute atomic E-state index is 0.0825. The lowest BCUT2D eigenvalue weighted by Crippen LogP contribution is -1.93. The predicted octanol–water partition coefficient (Wildman–Crippen LogP) is 3.31. The van der Waals surface area contributed by atoms with Crippen molar-refractivity contribution in [3.05, 3.63) is 29.3 Å². The second-order valence-corrected chi connectivity index (χ2v) is 4.16. The van der Waals surface area contributed by atoms with Crippen molar-refractivity contribution >= 4 is 0 Å². The quantitative estimate of drug-likeness (QED) is 0.717. The van der Waals surface area contributed by atoms with Crippen LogP contribution in [0.1, 0.15) is 43.7 Å². The second kappa shape index (κ2) is 7.29. The van der Waals surface area contributed by atoms with Gasteiger partial charge in [-0.25, -0.2) is 0 Å². The number of benzene rings is 1. The number of ether oxygens (including phenoxy) is 1. The number of hydrogen-bond donors (Lipinski definition) is 1. The van der Waals surface area contributed by atoms with Gasteiger partial charge in [-0.2, -0.15) is 0 Å². The van der Waals surface area contributed by atoms with Crippen molar-refractivity contribution < 1.29 is 9.84 Å². The van der Waals surface area contributed by atoms with Gasteiger partial charge in [0.15, 0.2) is 0 Å². The number of aliphatic hydroxyl groups is 1. The smallest absolute Gasteiger partial charge is 0.119 e. The second-order valence-electron chi connectivity index (χ2n) is 4.16. The Kier molecular flexibility index (Phi) is 5.94. The summed E-state index contributed by atoms with van der Waals surface area (Å²) < 4.78 is 5.21. The highest BCUT2D eigenvalue weighted by molar-refractivity contribution is 5.34. The average Bonchev–Trinajstić information content (AvgIpc) is 2.34. The molecule has 1 rings (SSSR count). The van der Waals surface area contributed by atoms with E-state index in [1.54, 1.807) is 7.11 Å². The van der Waals surface area contributed by atoms with Crippen molar-refractivity contribution in [1.82, 2.24) is 0 Å². The molecule has 0 aliphatic carbocycles. The Hall–Kier alpha value is -1.02. The van der Waals surface area contributed by atoms with Crippen LogP contribution < -0.4 is 4.74 Å². The first-order valence-corrected chi connectivity index (χ1v) is 6.07. The Morgan fingerprint density at radius 1 is 1.06 bits per heavy atom. The molecule has 0 aromatic heterocycles. The molecular formula is C14H22O2. The molecular weight excluding hydrogens is 200 g/mol. The van der Waals surface area contributed by atoms with Crippen molar-refractivity contribution in [2.75, 3.05) is 7.11 Å². The molecule has 0 amide bonds. The van der Waals surface area contributed by atoms with E-state index in [4.69, 9.17) is 9.84 Å². The van der Waals surface area contributed by atoms with Crippen molar-refractivity contribution in [2.24, 2.45) is 0 Å². The van der Waals surface area contributed by atoms with Crippen molar-refractivity contribution in [3.8, 4) is 5.75 Å². The van der Waals surface area contributed by atoms with Crippen molar-refractivity contribution in [1.29, 1.82) is 0 Å². The zero-order valence-corrected chi connectivity index (χ0v) is 10.3. The summed E-state index contributed by atoms with van der Waals surface area (Å²) in [7, 11) is 1.66. The molecule has 0 unspecified atom stereocenters. The average molecular weight is 222 g/mol. The van der Waals surface area contributed by atoms with Gasteiger partial charge < -0.3 is 9.84 Å². The molecule has 0 aliphatic heterocycles. The summed E-state index contributed by atoms with van der Waals surface area (Å²) in [6.07, 6.45) is 6.13. The van der Waals surface area contributed by atoms with Gasteiger partial charge in [-0.1, -0.05) is 32.3 Å². The van der Waals surface area contributed by atoms with Gasteiger partial charge in [-0.05, 0) is 36.1 Å². The fraction of sp³-hybridized carbons (Fsp3) is 0.571. The minimum Gasteiger partial charge on any atom is -0.497 e. The Balaban J connectivity index is 2.57. The van der Waals surface area contributed by atoms with E-state index in [1.165, 1.54) is 31.2 Å². The summed E-state index contributed by atoms with van der Waals surface area (Å²) in [6.45, 7) is 2.30. The SMILES string of the molecule is CCCCCCc1cc(CO)cc(OC)c1. The van der Waals surface area contributed by atoms with E-state index in [-0.39, 0.29) is 6.61 Å². The van der Waals surface area contributed by atoms with Crippen LogP contribution in [0.15, 0.2) is 18.2 Å². The minimum atomic E-state index is 0.0825. The van der Waals surface area contributed by atoms with Gasteiger partial charge in [0.2, 0.25) is 0 Å². The Morgan fingerprint density at radius 2 is 1.81 bits per heavy atom. The third-order valence-electron chi connectivity index (χ3n) is 2.76. The van der Waals surface area contributed by atoms with E-state index < -0.39 is 0 Å². The van der Waals surface area contributed by atoms with Crippen LogP contribution in [0.5, 0.6) is 5.75 Å². The summed E-state index contributed by atoms with van der Waals surface area (Å²) >= 11 is 0. The van der Waals surface area contributed by atoms with Gasteiger partial charge in [0.05, 0.1) is 13.7 Å². The van der Waals surface area contributed by atoms with Crippen LogP contribution in [0, 0.1) is 0 Å². The van der Waals surface area contributed by atoms with Crippen LogP contribution in [0.3, 0.4) is 0 Å². The molecule has 0 spiro atoms. The lowest BCUT2D eigenvalue weighted by molar-refractivity contribution is 0.281. The molecule has 90 valence electrons. The molecule has 0 atom stereocenters. The lowest BCUT2D eigenvalue weighted by atomic mass is 10.0. The highest BCUT2D eigenvalue weighted by Crippen LogP contribution is 2.19. The first kappa shape index (κ1) is 13.0. The molecule has 1 aromatic carbocycles. The van der Waals surface area contributed by atoms with Crippen LogP contribution in [0.4, 0.5) is 0 Å². The van der Waals surface area contributed by atoms with E-state index in [0.717, 1.165) is 17.7 Å². The normalized spacial score (nSPS) is 10.4. The van der Waals surface area contributed by atoms with Crippen LogP contribution >= 0.6 is 0 Å². The zero-order valence-electron chi connectivity index (χ0n) is 10.3. The molecule has 0 heterocycles. The standard InChI is InChI=1S/C14H22O2/c1-3-4-5-6-7-12-8-13(11-15)10-14(9-12)16-2/h8-10,15H,3-7,11H2,1-2H3. The van der Waals surface area contributed by atoms with Crippen LogP contribution in [0.2, 0.25) is 0 Å². The van der Waals surface area contributed by atoms with E-state index in [1.807, 2.05) is 6.07 Å². The van der Waals surface area contributed by atoms with Crippen LogP contribution in [-0.4, -0.2) is 12.2 Å². The molecule has 0 radical (unpaired) electrons. The van der Waals surface area contributed by atoms with Crippen LogP contribution in [0.25, 0.3) is 0 Å². The van der Waals surface area contributed by atoms with Gasteiger partial charge in [-0.3, -0.25) is 0 Å². The molecule has 16 heavy (non-hydrogen) atoms. The monoisotopic (exact) mass is 222 g/mol. The predicted molar refractivity (Wildman–Crippen MR) is 66.8 cm³/mol. The first-order chi connectivity index (χ1) is 7.80. The van der Waals surface area contributed by atoms with Crippen molar-refractivity contribution in [2.45, 2.75) is 45.6 Å². The summed E-state index contributed by atoms with van der Waals surface area (Å²) in [4.78, 5) is 0. The summed E-state index contributed by atoms with van der Waals surface area (Å²) in [5.74, 6) is 0.844. The maximum Gasteiger partial charge on any atom is 0.119 e. The molecule has 0 fully saturated rings. The number of unbranched alkanes of at least 4 members (excludes halogenated alkanes) is 3. The topological polar surface area (TPSA) is 29.5 Å². The Morgan fingerprint density at radius 3 is 2.44 bits per heavy atom. The fourth-order valence-corrected chi connectivity index (χ4v) is 1.84. The molecule has 0 aliphatic rings. The highest BCUT2D eigenvalue weighted by Gasteiger charge is 2.01. The first-order valence-electron chi connectivity index (χ1n) is 6.07. The third kappa shape index (κ3) is 4.23. The molecule has 1 aromatic rings. The molecule has 0 bridgehead atoms. The van der Waals surface area contributed by atoms with Gasteiger partial charge in [0, 0.05) is 0 Å². The van der Waals surface area contributed by atoms with Crippen LogP contribution in [-0.2, 0) is 13.0 Å². The number of aliphatic hydroxyl groups excluding tert-OH is 1. The number of hydrogen-bond acceptors (Lipinski definition) is 2. The maximum atomic E-state index is 9.14. The summed E-state index contributed by atoms with van der Waals surface area (Å²) in [5, 5.41) is 9.14. The molecule has 0 saturated carbocycles. The van der Waals surface area contributed by atoms with E-state index in [2.05, 4.69) is 19.1 Å². The van der Waals surface area contributed by atoms with E-state index in [9.17, 15) is 0 Å². The molecule has 2 heteroatoms. The molecule has 1 N–H and O–H groups in total. The van der Waals surface area contributed by atoms with Gasteiger partial charge in [0.1, 0.15) is 5.75 Å². The van der Waals surface area contributed by atoms with Crippen molar-refractivity contribution in [3.63, 3.8) is 0 Å². The molecule has 0 saturated heterocycles. The fourth-order valence-electron chi connectivity index (χ4n) is 1.84. The van der Waals surface area contributed by atoms with Gasteiger partial charge in [0.25, 0.3) is 0 Å². The lowest BCUT2D eigenvalue weighted by Gasteiger charge is -2.07. The Labute approximate surface area is 98.3 Å². The molecule has 2 nitrogen and oxygen atoms in total. The number of rotatable bonds is 7. The summed E-state index contributed by atoms with van der Waals surface area (Å²) in [6, 6.07) is 6.01. The zero-order chi connectivity index (χ0) is 11.8. The van der Waals surface area contributed by atoms with Gasteiger partial charge >= 0.3 is 0 Å². The van der Waals surface area contributed by atoms with E-state index in [0.29, 0.717) is 0 Å². The highest BCUT2D eigenvalue weighted by atomic mass is 16.5.